The lowest BCUT2D eigenvalue weighted by Gasteiger charge is -2.21. The van der Waals surface area contributed by atoms with Crippen molar-refractivity contribution in [3.63, 3.8) is 0 Å². The fourth-order valence-corrected chi connectivity index (χ4v) is 2.41. The fourth-order valence-electron chi connectivity index (χ4n) is 2.29. The summed E-state index contributed by atoms with van der Waals surface area (Å²) in [6.45, 7) is 1.91. The van der Waals surface area contributed by atoms with Crippen molar-refractivity contribution in [1.29, 1.82) is 0 Å². The molecule has 0 spiro atoms. The molecule has 0 saturated heterocycles. The molecule has 2 aromatic carbocycles. The maximum absolute atomic E-state index is 12.2. The van der Waals surface area contributed by atoms with E-state index in [1.54, 1.807) is 31.2 Å². The van der Waals surface area contributed by atoms with Gasteiger partial charge in [-0.3, -0.25) is 4.79 Å². The van der Waals surface area contributed by atoms with Crippen LogP contribution in [-0.4, -0.2) is 17.6 Å². The predicted molar refractivity (Wildman–Crippen MR) is 99.2 cm³/mol. The van der Waals surface area contributed by atoms with E-state index in [1.165, 1.54) is 0 Å². The van der Waals surface area contributed by atoms with Crippen molar-refractivity contribution in [3.8, 4) is 0 Å². The number of aliphatic hydroxyl groups excluding tert-OH is 1. The molecule has 0 radical (unpaired) electrons. The van der Waals surface area contributed by atoms with Crippen molar-refractivity contribution in [2.45, 2.75) is 19.1 Å². The number of hydrogen-bond acceptors (Lipinski definition) is 3. The number of aliphatic hydroxyl groups is 1. The van der Waals surface area contributed by atoms with Gasteiger partial charge in [-0.2, -0.15) is 0 Å². The Morgan fingerprint density at radius 2 is 1.71 bits per heavy atom. The van der Waals surface area contributed by atoms with Crippen LogP contribution in [0.5, 0.6) is 0 Å². The summed E-state index contributed by atoms with van der Waals surface area (Å²) in [6.07, 6.45) is -0.781. The summed E-state index contributed by atoms with van der Waals surface area (Å²) in [7, 11) is 0. The van der Waals surface area contributed by atoms with Gasteiger partial charge in [-0.15, -0.1) is 12.4 Å². The molecule has 0 aliphatic carbocycles. The Hall–Kier alpha value is -1.59. The summed E-state index contributed by atoms with van der Waals surface area (Å²) in [6, 6.07) is 16.0. The molecule has 0 aliphatic heterocycles. The molecule has 24 heavy (non-hydrogen) atoms. The van der Waals surface area contributed by atoms with E-state index in [0.29, 0.717) is 10.6 Å². The number of nitrogens with one attached hydrogen (secondary N) is 1. The highest BCUT2D eigenvalue weighted by atomic mass is 35.5. The topological polar surface area (TPSA) is 75.3 Å². The molecule has 0 aromatic heterocycles. The van der Waals surface area contributed by atoms with Crippen molar-refractivity contribution in [2.24, 2.45) is 11.7 Å². The lowest BCUT2D eigenvalue weighted by Crippen LogP contribution is -2.37. The minimum Gasteiger partial charge on any atom is -0.387 e. The van der Waals surface area contributed by atoms with Crippen LogP contribution >= 0.6 is 24.0 Å². The smallest absolute Gasteiger partial charge is 0.224 e. The van der Waals surface area contributed by atoms with Gasteiger partial charge in [0.2, 0.25) is 5.91 Å². The molecule has 2 aromatic rings. The fraction of sp³-hybridized carbons (Fsp3) is 0.278. The third-order valence-corrected chi connectivity index (χ3v) is 4.11. The molecule has 0 bridgehead atoms. The van der Waals surface area contributed by atoms with Crippen LogP contribution in [0.25, 0.3) is 0 Å². The standard InChI is InChI=1S/C18H21ClN2O2.ClH/c1-12(17(20)14-5-3-2-4-6-14)18(23)21-11-16(22)13-7-9-15(19)10-8-13;/h2-10,12,16-17,22H,11,20H2,1H3,(H,21,23);1H. The Morgan fingerprint density at radius 3 is 2.29 bits per heavy atom. The summed E-state index contributed by atoms with van der Waals surface area (Å²) in [5.74, 6) is -0.579. The van der Waals surface area contributed by atoms with E-state index >= 15 is 0 Å². The van der Waals surface area contributed by atoms with Crippen LogP contribution in [0.3, 0.4) is 0 Å². The summed E-state index contributed by atoms with van der Waals surface area (Å²) >= 11 is 5.81. The minimum absolute atomic E-state index is 0. The molecule has 1 amide bonds. The molecule has 6 heteroatoms. The molecule has 2 rings (SSSR count). The molecule has 0 heterocycles. The molecule has 3 atom stereocenters. The molecule has 4 N–H and O–H groups in total. The number of hydrogen-bond donors (Lipinski definition) is 3. The number of carbonyl (C=O) groups is 1. The highest BCUT2D eigenvalue weighted by Crippen LogP contribution is 2.20. The third-order valence-electron chi connectivity index (χ3n) is 3.86. The van der Waals surface area contributed by atoms with E-state index in [4.69, 9.17) is 17.3 Å². The van der Waals surface area contributed by atoms with Crippen LogP contribution in [0.15, 0.2) is 54.6 Å². The van der Waals surface area contributed by atoms with Crippen molar-refractivity contribution in [3.05, 3.63) is 70.7 Å². The third kappa shape index (κ3) is 5.49. The Labute approximate surface area is 153 Å². The van der Waals surface area contributed by atoms with Gasteiger partial charge in [0, 0.05) is 17.6 Å². The molecule has 0 fully saturated rings. The van der Waals surface area contributed by atoms with Gasteiger partial charge >= 0.3 is 0 Å². The highest BCUT2D eigenvalue weighted by molar-refractivity contribution is 6.30. The summed E-state index contributed by atoms with van der Waals surface area (Å²) < 4.78 is 0. The second-order valence-corrected chi connectivity index (χ2v) is 5.97. The molecule has 130 valence electrons. The quantitative estimate of drug-likeness (QED) is 0.732. The van der Waals surface area contributed by atoms with E-state index in [0.717, 1.165) is 5.56 Å². The predicted octanol–water partition coefficient (Wildman–Crippen LogP) is 3.25. The van der Waals surface area contributed by atoms with Gasteiger partial charge in [-0.05, 0) is 23.3 Å². The Bertz CT molecular complexity index is 635. The first-order valence-electron chi connectivity index (χ1n) is 7.51. The van der Waals surface area contributed by atoms with Crippen LogP contribution in [0.4, 0.5) is 0 Å². The second-order valence-electron chi connectivity index (χ2n) is 5.54. The monoisotopic (exact) mass is 368 g/mol. The normalized spacial score (nSPS) is 14.2. The van der Waals surface area contributed by atoms with Crippen LogP contribution in [0, 0.1) is 5.92 Å². The van der Waals surface area contributed by atoms with Crippen molar-refractivity contribution >= 4 is 29.9 Å². The van der Waals surface area contributed by atoms with E-state index in [-0.39, 0.29) is 30.9 Å². The highest BCUT2D eigenvalue weighted by Gasteiger charge is 2.22. The zero-order valence-electron chi connectivity index (χ0n) is 13.4. The van der Waals surface area contributed by atoms with E-state index < -0.39 is 12.0 Å². The van der Waals surface area contributed by atoms with Gasteiger partial charge in [0.1, 0.15) is 0 Å². The molecular weight excluding hydrogens is 347 g/mol. The maximum Gasteiger partial charge on any atom is 0.224 e. The van der Waals surface area contributed by atoms with Gasteiger partial charge in [-0.25, -0.2) is 0 Å². The van der Waals surface area contributed by atoms with E-state index in [2.05, 4.69) is 5.32 Å². The lowest BCUT2D eigenvalue weighted by molar-refractivity contribution is -0.125. The first kappa shape index (κ1) is 20.5. The zero-order chi connectivity index (χ0) is 16.8. The number of carbonyl (C=O) groups excluding carboxylic acids is 1. The summed E-state index contributed by atoms with van der Waals surface area (Å²) in [5, 5.41) is 13.5. The van der Waals surface area contributed by atoms with Gasteiger partial charge in [0.15, 0.2) is 0 Å². The number of halogens is 2. The average Bonchev–Trinajstić information content (AvgIpc) is 2.59. The van der Waals surface area contributed by atoms with Gasteiger partial charge in [0.25, 0.3) is 0 Å². The molecule has 3 unspecified atom stereocenters. The zero-order valence-corrected chi connectivity index (χ0v) is 14.9. The Morgan fingerprint density at radius 1 is 1.12 bits per heavy atom. The van der Waals surface area contributed by atoms with Crippen LogP contribution in [0.2, 0.25) is 5.02 Å². The Kier molecular flexibility index (Phi) is 8.22. The van der Waals surface area contributed by atoms with Gasteiger partial charge < -0.3 is 16.2 Å². The first-order chi connectivity index (χ1) is 11.0. The van der Waals surface area contributed by atoms with Crippen LogP contribution in [0.1, 0.15) is 30.2 Å². The largest absolute Gasteiger partial charge is 0.387 e. The molecule has 0 aliphatic rings. The van der Waals surface area contributed by atoms with Crippen molar-refractivity contribution in [1.82, 2.24) is 5.32 Å². The average molecular weight is 369 g/mol. The SMILES string of the molecule is CC(C(=O)NCC(O)c1ccc(Cl)cc1)C(N)c1ccccc1.Cl. The van der Waals surface area contributed by atoms with Crippen molar-refractivity contribution < 1.29 is 9.90 Å². The first-order valence-corrected chi connectivity index (χ1v) is 7.88. The van der Waals surface area contributed by atoms with E-state index in [1.807, 2.05) is 30.3 Å². The molecule has 4 nitrogen and oxygen atoms in total. The number of rotatable bonds is 6. The number of amides is 1. The Balaban J connectivity index is 0.00000288. The number of nitrogens with two attached hydrogens (primary N) is 1. The number of benzene rings is 2. The molecular formula is C18H22Cl2N2O2. The molecule has 0 saturated carbocycles. The second kappa shape index (κ2) is 9.64. The lowest BCUT2D eigenvalue weighted by atomic mass is 9.94. The van der Waals surface area contributed by atoms with Crippen molar-refractivity contribution in [2.75, 3.05) is 6.54 Å². The maximum atomic E-state index is 12.2. The summed E-state index contributed by atoms with van der Waals surface area (Å²) in [5.41, 5.74) is 7.75. The summed E-state index contributed by atoms with van der Waals surface area (Å²) in [4.78, 5) is 12.2. The van der Waals surface area contributed by atoms with Crippen LogP contribution < -0.4 is 11.1 Å². The van der Waals surface area contributed by atoms with E-state index in [9.17, 15) is 9.90 Å². The van der Waals surface area contributed by atoms with Crippen LogP contribution in [-0.2, 0) is 4.79 Å². The van der Waals surface area contributed by atoms with Gasteiger partial charge in [0.05, 0.1) is 12.0 Å². The minimum atomic E-state index is -0.781. The van der Waals surface area contributed by atoms with Gasteiger partial charge in [-0.1, -0.05) is 61.0 Å².